The van der Waals surface area contributed by atoms with Crippen LogP contribution in [-0.4, -0.2) is 12.6 Å². The molecule has 2 aliphatic rings. The lowest BCUT2D eigenvalue weighted by atomic mass is 9.68. The van der Waals surface area contributed by atoms with E-state index < -0.39 is 0 Å². The summed E-state index contributed by atoms with van der Waals surface area (Å²) < 4.78 is 6.45. The highest BCUT2D eigenvalue weighted by atomic mass is 16.5. The molecular weight excluding hydrogens is 234 g/mol. The molecule has 104 valence electrons. The Balaban J connectivity index is 1.88. The van der Waals surface area contributed by atoms with Crippen LogP contribution in [0.2, 0.25) is 0 Å². The number of benzene rings is 1. The van der Waals surface area contributed by atoms with Gasteiger partial charge in [-0.05, 0) is 44.2 Å². The van der Waals surface area contributed by atoms with Gasteiger partial charge in [-0.3, -0.25) is 0 Å². The summed E-state index contributed by atoms with van der Waals surface area (Å²) >= 11 is 0. The van der Waals surface area contributed by atoms with Gasteiger partial charge in [0.15, 0.2) is 0 Å². The molecule has 3 rings (SSSR count). The van der Waals surface area contributed by atoms with Gasteiger partial charge in [0.1, 0.15) is 11.4 Å². The summed E-state index contributed by atoms with van der Waals surface area (Å²) in [6.45, 7) is 4.76. The summed E-state index contributed by atoms with van der Waals surface area (Å²) in [6, 6.07) is 8.94. The quantitative estimate of drug-likeness (QED) is 0.821. The summed E-state index contributed by atoms with van der Waals surface area (Å²) in [5, 5.41) is 3.47. The maximum absolute atomic E-state index is 6.45. The number of nitrogens with one attached hydrogen (secondary N) is 1. The number of hydrogen-bond acceptors (Lipinski definition) is 2. The summed E-state index contributed by atoms with van der Waals surface area (Å²) in [7, 11) is 2.06. The van der Waals surface area contributed by atoms with E-state index >= 15 is 0 Å². The fraction of sp³-hybridized carbons (Fsp3) is 0.647. The molecule has 1 spiro atoms. The monoisotopic (exact) mass is 259 g/mol. The molecule has 1 N–H and O–H groups in total. The number of rotatable bonds is 1. The molecule has 1 fully saturated rings. The van der Waals surface area contributed by atoms with Gasteiger partial charge in [-0.2, -0.15) is 0 Å². The van der Waals surface area contributed by atoms with Crippen molar-refractivity contribution in [3.63, 3.8) is 0 Å². The molecule has 2 nitrogen and oxygen atoms in total. The minimum Gasteiger partial charge on any atom is -0.487 e. The molecule has 19 heavy (non-hydrogen) atoms. The fourth-order valence-electron chi connectivity index (χ4n) is 3.56. The molecule has 0 aromatic heterocycles. The van der Waals surface area contributed by atoms with E-state index in [-0.39, 0.29) is 5.60 Å². The molecule has 1 atom stereocenters. The second-order valence-corrected chi connectivity index (χ2v) is 7.03. The Bertz CT molecular complexity index is 456. The summed E-state index contributed by atoms with van der Waals surface area (Å²) in [6.07, 6.45) is 6.02. The van der Waals surface area contributed by atoms with Crippen molar-refractivity contribution in [3.8, 4) is 5.75 Å². The zero-order valence-corrected chi connectivity index (χ0v) is 12.3. The average Bonchev–Trinajstić information content (AvgIpc) is 2.42. The van der Waals surface area contributed by atoms with Crippen LogP contribution < -0.4 is 10.1 Å². The Kier molecular flexibility index (Phi) is 3.09. The topological polar surface area (TPSA) is 21.3 Å². The molecular formula is C17H25NO. The maximum atomic E-state index is 6.45. The van der Waals surface area contributed by atoms with Crippen molar-refractivity contribution < 1.29 is 4.74 Å². The smallest absolute Gasteiger partial charge is 0.124 e. The van der Waals surface area contributed by atoms with Gasteiger partial charge in [0, 0.05) is 18.0 Å². The Morgan fingerprint density at radius 1 is 1.11 bits per heavy atom. The molecule has 0 saturated heterocycles. The zero-order valence-electron chi connectivity index (χ0n) is 12.3. The van der Waals surface area contributed by atoms with Crippen molar-refractivity contribution in [1.82, 2.24) is 5.32 Å². The van der Waals surface area contributed by atoms with E-state index in [1.807, 2.05) is 0 Å². The normalized spacial score (nSPS) is 27.6. The summed E-state index contributed by atoms with van der Waals surface area (Å²) in [5.74, 6) is 1.09. The predicted molar refractivity (Wildman–Crippen MR) is 78.5 cm³/mol. The number of hydrogen-bond donors (Lipinski definition) is 1. The third-order valence-corrected chi connectivity index (χ3v) is 5.06. The van der Waals surface area contributed by atoms with Gasteiger partial charge in [-0.25, -0.2) is 0 Å². The van der Waals surface area contributed by atoms with Gasteiger partial charge in [0.25, 0.3) is 0 Å². The van der Waals surface area contributed by atoms with Gasteiger partial charge in [0.2, 0.25) is 0 Å². The van der Waals surface area contributed by atoms with Crippen LogP contribution in [0.3, 0.4) is 0 Å². The molecule has 1 aromatic rings. The minimum absolute atomic E-state index is 0.0670. The Morgan fingerprint density at radius 3 is 2.47 bits per heavy atom. The predicted octanol–water partition coefficient (Wildman–Crippen LogP) is 4.07. The highest BCUT2D eigenvalue weighted by Crippen LogP contribution is 2.49. The summed E-state index contributed by atoms with van der Waals surface area (Å²) in [5.41, 5.74) is 1.87. The highest BCUT2D eigenvalue weighted by molar-refractivity contribution is 5.39. The summed E-state index contributed by atoms with van der Waals surface area (Å²) in [4.78, 5) is 0. The molecule has 2 heteroatoms. The molecule has 1 saturated carbocycles. The minimum atomic E-state index is 0.0670. The van der Waals surface area contributed by atoms with E-state index in [1.165, 1.54) is 31.2 Å². The molecule has 1 aliphatic heterocycles. The second kappa shape index (κ2) is 4.52. The largest absolute Gasteiger partial charge is 0.487 e. The Labute approximate surface area is 116 Å². The van der Waals surface area contributed by atoms with Crippen LogP contribution in [0.15, 0.2) is 24.3 Å². The van der Waals surface area contributed by atoms with Crippen LogP contribution >= 0.6 is 0 Å². The second-order valence-electron chi connectivity index (χ2n) is 7.03. The average molecular weight is 259 g/mol. The van der Waals surface area contributed by atoms with Gasteiger partial charge in [-0.15, -0.1) is 0 Å². The van der Waals surface area contributed by atoms with Crippen molar-refractivity contribution in [2.45, 2.75) is 57.6 Å². The van der Waals surface area contributed by atoms with Gasteiger partial charge in [-0.1, -0.05) is 32.0 Å². The Hall–Kier alpha value is -1.02. The zero-order chi connectivity index (χ0) is 13.5. The lowest BCUT2D eigenvalue weighted by molar-refractivity contribution is -0.0288. The van der Waals surface area contributed by atoms with Gasteiger partial charge < -0.3 is 10.1 Å². The first kappa shape index (κ1) is 13.0. The van der Waals surface area contributed by atoms with E-state index in [9.17, 15) is 0 Å². The van der Waals surface area contributed by atoms with Crippen LogP contribution in [-0.2, 0) is 0 Å². The lowest BCUT2D eigenvalue weighted by Gasteiger charge is -2.48. The van der Waals surface area contributed by atoms with Crippen molar-refractivity contribution in [2.75, 3.05) is 7.05 Å². The van der Waals surface area contributed by atoms with Crippen LogP contribution in [0.1, 0.15) is 57.6 Å². The van der Waals surface area contributed by atoms with Gasteiger partial charge in [0.05, 0.1) is 0 Å². The Morgan fingerprint density at radius 2 is 1.79 bits per heavy atom. The molecule has 0 amide bonds. The maximum Gasteiger partial charge on any atom is 0.124 e. The third-order valence-electron chi connectivity index (χ3n) is 5.06. The highest BCUT2D eigenvalue weighted by Gasteiger charge is 2.44. The van der Waals surface area contributed by atoms with Crippen molar-refractivity contribution in [1.29, 1.82) is 0 Å². The number of ether oxygens (including phenoxy) is 1. The first-order valence-electron chi connectivity index (χ1n) is 7.49. The molecule has 1 unspecified atom stereocenters. The van der Waals surface area contributed by atoms with E-state index in [4.69, 9.17) is 4.74 Å². The van der Waals surface area contributed by atoms with Crippen molar-refractivity contribution in [2.24, 2.45) is 5.41 Å². The van der Waals surface area contributed by atoms with Crippen LogP contribution in [0.25, 0.3) is 0 Å². The van der Waals surface area contributed by atoms with Crippen LogP contribution in [0.4, 0.5) is 0 Å². The number of para-hydroxylation sites is 1. The molecule has 0 radical (unpaired) electrons. The SMILES string of the molecule is CNC1CC2(CCC(C)(C)CC2)Oc2ccccc21. The lowest BCUT2D eigenvalue weighted by Crippen LogP contribution is -2.47. The van der Waals surface area contributed by atoms with E-state index in [0.29, 0.717) is 11.5 Å². The van der Waals surface area contributed by atoms with E-state index in [0.717, 1.165) is 12.2 Å². The van der Waals surface area contributed by atoms with Crippen molar-refractivity contribution >= 4 is 0 Å². The molecule has 1 aromatic carbocycles. The van der Waals surface area contributed by atoms with E-state index in [2.05, 4.69) is 50.5 Å². The number of fused-ring (bicyclic) bond motifs is 1. The third kappa shape index (κ3) is 2.38. The fourth-order valence-corrected chi connectivity index (χ4v) is 3.56. The van der Waals surface area contributed by atoms with E-state index in [1.54, 1.807) is 0 Å². The van der Waals surface area contributed by atoms with Gasteiger partial charge >= 0.3 is 0 Å². The molecule has 1 aliphatic carbocycles. The standard InChI is InChI=1S/C17H25NO/c1-16(2)8-10-17(11-9-16)12-14(18-3)13-6-4-5-7-15(13)19-17/h4-7,14,18H,8-12H2,1-3H3. The molecule has 1 heterocycles. The first-order valence-corrected chi connectivity index (χ1v) is 7.49. The van der Waals surface area contributed by atoms with Crippen LogP contribution in [0, 0.1) is 5.41 Å². The van der Waals surface area contributed by atoms with Crippen molar-refractivity contribution in [3.05, 3.63) is 29.8 Å². The van der Waals surface area contributed by atoms with Crippen LogP contribution in [0.5, 0.6) is 5.75 Å². The first-order chi connectivity index (χ1) is 9.04. The molecule has 0 bridgehead atoms.